The summed E-state index contributed by atoms with van der Waals surface area (Å²) in [5.41, 5.74) is 0. The third-order valence-electron chi connectivity index (χ3n) is 4.21. The standard InChI is InChI=1S/C12H23NO/c1-3-10-9(2)7-8-13(10)11-5-4-6-12(11)14/h9-12,14H,3-8H2,1-2H3/t9?,10?,11-,12-/m0/s1. The predicted octanol–water partition coefficient (Wildman–Crippen LogP) is 2.02. The Morgan fingerprint density at radius 3 is 2.64 bits per heavy atom. The molecule has 0 spiro atoms. The fourth-order valence-electron chi connectivity index (χ4n) is 3.39. The molecule has 0 radical (unpaired) electrons. The predicted molar refractivity (Wildman–Crippen MR) is 58.2 cm³/mol. The SMILES string of the molecule is CCC1C(C)CCN1[C@H]1CCC[C@@H]1O. The van der Waals surface area contributed by atoms with Crippen LogP contribution in [0.2, 0.25) is 0 Å². The molecule has 2 fully saturated rings. The van der Waals surface area contributed by atoms with E-state index in [2.05, 4.69) is 18.7 Å². The van der Waals surface area contributed by atoms with Crippen molar-refractivity contribution in [2.75, 3.05) is 6.54 Å². The molecule has 0 aromatic carbocycles. The van der Waals surface area contributed by atoms with Gasteiger partial charge in [0.1, 0.15) is 0 Å². The maximum absolute atomic E-state index is 9.91. The van der Waals surface area contributed by atoms with Crippen molar-refractivity contribution in [3.63, 3.8) is 0 Å². The van der Waals surface area contributed by atoms with Crippen molar-refractivity contribution in [3.05, 3.63) is 0 Å². The van der Waals surface area contributed by atoms with E-state index >= 15 is 0 Å². The summed E-state index contributed by atoms with van der Waals surface area (Å²) in [5, 5.41) is 9.91. The first-order valence-corrected chi connectivity index (χ1v) is 6.17. The van der Waals surface area contributed by atoms with Crippen LogP contribution in [-0.4, -0.2) is 34.7 Å². The number of rotatable bonds is 2. The van der Waals surface area contributed by atoms with Gasteiger partial charge in [0.15, 0.2) is 0 Å². The minimum atomic E-state index is -0.0469. The highest BCUT2D eigenvalue weighted by atomic mass is 16.3. The molecule has 2 heteroatoms. The number of aliphatic hydroxyl groups excluding tert-OH is 1. The van der Waals surface area contributed by atoms with Gasteiger partial charge in [-0.1, -0.05) is 13.8 Å². The van der Waals surface area contributed by atoms with Crippen LogP contribution in [0.15, 0.2) is 0 Å². The molecule has 2 unspecified atom stereocenters. The van der Waals surface area contributed by atoms with Gasteiger partial charge in [0.25, 0.3) is 0 Å². The highest BCUT2D eigenvalue weighted by Gasteiger charge is 2.39. The largest absolute Gasteiger partial charge is 0.391 e. The lowest BCUT2D eigenvalue weighted by atomic mass is 10.00. The first kappa shape index (κ1) is 10.4. The second-order valence-electron chi connectivity index (χ2n) is 5.04. The van der Waals surface area contributed by atoms with E-state index in [-0.39, 0.29) is 6.10 Å². The first-order valence-electron chi connectivity index (χ1n) is 6.17. The van der Waals surface area contributed by atoms with E-state index in [4.69, 9.17) is 0 Å². The Balaban J connectivity index is 2.02. The summed E-state index contributed by atoms with van der Waals surface area (Å²) < 4.78 is 0. The fraction of sp³-hybridized carbons (Fsp3) is 1.00. The van der Waals surface area contributed by atoms with E-state index in [0.717, 1.165) is 18.4 Å². The maximum Gasteiger partial charge on any atom is 0.0695 e. The molecule has 0 aromatic rings. The average Bonchev–Trinajstić information content (AvgIpc) is 2.71. The molecule has 2 nitrogen and oxygen atoms in total. The Kier molecular flexibility index (Phi) is 3.13. The van der Waals surface area contributed by atoms with Gasteiger partial charge in [0.2, 0.25) is 0 Å². The van der Waals surface area contributed by atoms with E-state index in [1.54, 1.807) is 0 Å². The third kappa shape index (κ3) is 1.70. The monoisotopic (exact) mass is 197 g/mol. The Bertz CT molecular complexity index is 195. The van der Waals surface area contributed by atoms with E-state index in [1.165, 1.54) is 32.2 Å². The molecule has 0 aromatic heterocycles. The average molecular weight is 197 g/mol. The van der Waals surface area contributed by atoms with Crippen molar-refractivity contribution < 1.29 is 5.11 Å². The molecule has 1 aliphatic carbocycles. The minimum absolute atomic E-state index is 0.0469. The van der Waals surface area contributed by atoms with Crippen LogP contribution in [0.25, 0.3) is 0 Å². The first-order chi connectivity index (χ1) is 6.74. The van der Waals surface area contributed by atoms with Gasteiger partial charge in [-0.2, -0.15) is 0 Å². The minimum Gasteiger partial charge on any atom is -0.391 e. The zero-order valence-electron chi connectivity index (χ0n) is 9.45. The number of hydrogen-bond donors (Lipinski definition) is 1. The highest BCUT2D eigenvalue weighted by molar-refractivity contribution is 4.93. The van der Waals surface area contributed by atoms with Gasteiger partial charge in [-0.05, 0) is 44.6 Å². The van der Waals surface area contributed by atoms with Gasteiger partial charge < -0.3 is 5.11 Å². The van der Waals surface area contributed by atoms with Gasteiger partial charge in [-0.15, -0.1) is 0 Å². The van der Waals surface area contributed by atoms with Gasteiger partial charge in [0.05, 0.1) is 6.10 Å². The lowest BCUT2D eigenvalue weighted by Crippen LogP contribution is -2.44. The van der Waals surface area contributed by atoms with Crippen LogP contribution < -0.4 is 0 Å². The molecule has 1 saturated carbocycles. The zero-order valence-corrected chi connectivity index (χ0v) is 9.45. The zero-order chi connectivity index (χ0) is 10.1. The van der Waals surface area contributed by atoms with Crippen LogP contribution in [-0.2, 0) is 0 Å². The van der Waals surface area contributed by atoms with Gasteiger partial charge in [-0.3, -0.25) is 4.90 Å². The molecule has 0 amide bonds. The van der Waals surface area contributed by atoms with E-state index in [0.29, 0.717) is 6.04 Å². The van der Waals surface area contributed by atoms with E-state index in [9.17, 15) is 5.11 Å². The van der Waals surface area contributed by atoms with Crippen molar-refractivity contribution in [3.8, 4) is 0 Å². The lowest BCUT2D eigenvalue weighted by molar-refractivity contribution is 0.0567. The van der Waals surface area contributed by atoms with Crippen LogP contribution in [0.5, 0.6) is 0 Å². The maximum atomic E-state index is 9.91. The van der Waals surface area contributed by atoms with Crippen LogP contribution in [0.3, 0.4) is 0 Å². The van der Waals surface area contributed by atoms with Gasteiger partial charge in [-0.25, -0.2) is 0 Å². The molecule has 2 aliphatic rings. The van der Waals surface area contributed by atoms with Crippen molar-refractivity contribution in [1.82, 2.24) is 4.90 Å². The molecular weight excluding hydrogens is 174 g/mol. The fourth-order valence-corrected chi connectivity index (χ4v) is 3.39. The smallest absolute Gasteiger partial charge is 0.0695 e. The number of hydrogen-bond acceptors (Lipinski definition) is 2. The van der Waals surface area contributed by atoms with E-state index < -0.39 is 0 Å². The Morgan fingerprint density at radius 2 is 2.07 bits per heavy atom. The summed E-state index contributed by atoms with van der Waals surface area (Å²) >= 11 is 0. The highest BCUT2D eigenvalue weighted by Crippen LogP contribution is 2.34. The summed E-state index contributed by atoms with van der Waals surface area (Å²) in [6, 6.07) is 1.21. The molecule has 2 rings (SSSR count). The van der Waals surface area contributed by atoms with Crippen LogP contribution in [0.4, 0.5) is 0 Å². The summed E-state index contributed by atoms with van der Waals surface area (Å²) in [4.78, 5) is 2.59. The summed E-state index contributed by atoms with van der Waals surface area (Å²) in [6.45, 7) is 5.84. The summed E-state index contributed by atoms with van der Waals surface area (Å²) in [7, 11) is 0. The molecule has 1 N–H and O–H groups in total. The quantitative estimate of drug-likeness (QED) is 0.732. The molecular formula is C12H23NO. The summed E-state index contributed by atoms with van der Waals surface area (Å²) in [5.74, 6) is 0.827. The Hall–Kier alpha value is -0.0800. The summed E-state index contributed by atoms with van der Waals surface area (Å²) in [6.07, 6.45) is 5.96. The van der Waals surface area contributed by atoms with Crippen molar-refractivity contribution in [2.45, 2.75) is 64.1 Å². The number of nitrogens with zero attached hydrogens (tertiary/aromatic N) is 1. The van der Waals surface area contributed by atoms with E-state index in [1.807, 2.05) is 0 Å². The van der Waals surface area contributed by atoms with Crippen molar-refractivity contribution >= 4 is 0 Å². The van der Waals surface area contributed by atoms with Crippen LogP contribution in [0.1, 0.15) is 46.0 Å². The topological polar surface area (TPSA) is 23.5 Å². The normalized spacial score (nSPS) is 44.8. The molecule has 0 bridgehead atoms. The van der Waals surface area contributed by atoms with Crippen LogP contribution >= 0.6 is 0 Å². The number of aliphatic hydroxyl groups is 1. The molecule has 14 heavy (non-hydrogen) atoms. The van der Waals surface area contributed by atoms with Crippen molar-refractivity contribution in [1.29, 1.82) is 0 Å². The molecule has 4 atom stereocenters. The Labute approximate surface area is 87.3 Å². The second kappa shape index (κ2) is 4.19. The second-order valence-corrected chi connectivity index (χ2v) is 5.04. The van der Waals surface area contributed by atoms with Gasteiger partial charge in [0, 0.05) is 12.1 Å². The van der Waals surface area contributed by atoms with Crippen molar-refractivity contribution in [2.24, 2.45) is 5.92 Å². The third-order valence-corrected chi connectivity index (χ3v) is 4.21. The molecule has 1 heterocycles. The molecule has 1 saturated heterocycles. The lowest BCUT2D eigenvalue weighted by Gasteiger charge is -2.33. The van der Waals surface area contributed by atoms with Gasteiger partial charge >= 0.3 is 0 Å². The molecule has 82 valence electrons. The number of likely N-dealkylation sites (tertiary alicyclic amines) is 1. The Morgan fingerprint density at radius 1 is 1.29 bits per heavy atom. The van der Waals surface area contributed by atoms with Crippen LogP contribution in [0, 0.1) is 5.92 Å². The molecule has 1 aliphatic heterocycles.